The molecule has 0 saturated carbocycles. The number of rotatable bonds is 2. The minimum Gasteiger partial charge on any atom is -0.230 e. The van der Waals surface area contributed by atoms with Gasteiger partial charge in [-0.15, -0.1) is 0 Å². The van der Waals surface area contributed by atoms with Crippen molar-refractivity contribution in [3.63, 3.8) is 0 Å². The summed E-state index contributed by atoms with van der Waals surface area (Å²) in [5.74, 6) is 0. The molecule has 0 aliphatic rings. The monoisotopic (exact) mass is 180 g/mol. The van der Waals surface area contributed by atoms with Gasteiger partial charge in [0.2, 0.25) is 0 Å². The Morgan fingerprint density at radius 1 is 1.50 bits per heavy atom. The second-order valence-corrected chi connectivity index (χ2v) is 3.17. The molecule has 0 aliphatic heterocycles. The van der Waals surface area contributed by atoms with Crippen LogP contribution in [0.25, 0.3) is 6.08 Å². The Labute approximate surface area is 77.1 Å². The van der Waals surface area contributed by atoms with E-state index in [4.69, 9.17) is 0 Å². The third kappa shape index (κ3) is 2.08. The molecule has 1 aromatic heterocycles. The molecule has 0 aromatic carbocycles. The topological polar surface area (TPSA) is 25.8 Å². The summed E-state index contributed by atoms with van der Waals surface area (Å²) in [4.78, 5) is 8.49. The Morgan fingerprint density at radius 3 is 2.75 bits per heavy atom. The van der Waals surface area contributed by atoms with Crippen molar-refractivity contribution < 1.29 is 0 Å². The normalized spacial score (nSPS) is 10.9. The molecule has 0 saturated heterocycles. The van der Waals surface area contributed by atoms with Gasteiger partial charge in [0.15, 0.2) is 5.16 Å². The maximum Gasteiger partial charge on any atom is 0.187 e. The van der Waals surface area contributed by atoms with E-state index >= 15 is 0 Å². The Bertz CT molecular complexity index is 295. The van der Waals surface area contributed by atoms with Gasteiger partial charge < -0.3 is 0 Å². The zero-order chi connectivity index (χ0) is 8.97. The van der Waals surface area contributed by atoms with Gasteiger partial charge in [0.1, 0.15) is 0 Å². The zero-order valence-corrected chi connectivity index (χ0v) is 8.35. The van der Waals surface area contributed by atoms with Crippen LogP contribution < -0.4 is 0 Å². The first-order valence-corrected chi connectivity index (χ1v) is 5.00. The summed E-state index contributed by atoms with van der Waals surface area (Å²) in [6, 6.07) is 0. The van der Waals surface area contributed by atoms with Crippen molar-refractivity contribution in [1.29, 1.82) is 0 Å². The second kappa shape index (κ2) is 4.26. The van der Waals surface area contributed by atoms with Gasteiger partial charge in [-0.3, -0.25) is 0 Å². The number of thioether (sulfide) groups is 1. The maximum atomic E-state index is 4.31. The molecule has 0 spiro atoms. The van der Waals surface area contributed by atoms with Crippen LogP contribution in [0.4, 0.5) is 0 Å². The lowest BCUT2D eigenvalue weighted by Crippen LogP contribution is -1.91. The highest BCUT2D eigenvalue weighted by Crippen LogP contribution is 2.12. The van der Waals surface area contributed by atoms with E-state index in [0.717, 1.165) is 16.4 Å². The van der Waals surface area contributed by atoms with E-state index in [2.05, 4.69) is 9.97 Å². The predicted octanol–water partition coefficient (Wildman–Crippen LogP) is 2.54. The van der Waals surface area contributed by atoms with Crippen LogP contribution in [0.1, 0.15) is 18.2 Å². The van der Waals surface area contributed by atoms with Crippen LogP contribution in [-0.2, 0) is 0 Å². The van der Waals surface area contributed by atoms with Crippen LogP contribution in [-0.4, -0.2) is 16.2 Å². The molecule has 1 heterocycles. The van der Waals surface area contributed by atoms with Gasteiger partial charge in [0, 0.05) is 17.5 Å². The summed E-state index contributed by atoms with van der Waals surface area (Å²) in [6.45, 7) is 3.98. The molecule has 2 nitrogen and oxygen atoms in total. The third-order valence-corrected chi connectivity index (χ3v) is 2.09. The smallest absolute Gasteiger partial charge is 0.187 e. The van der Waals surface area contributed by atoms with E-state index in [0.29, 0.717) is 0 Å². The van der Waals surface area contributed by atoms with Crippen LogP contribution in [0.5, 0.6) is 0 Å². The fourth-order valence-corrected chi connectivity index (χ4v) is 1.28. The first-order valence-electron chi connectivity index (χ1n) is 3.78. The summed E-state index contributed by atoms with van der Waals surface area (Å²) in [6.07, 6.45) is 7.84. The van der Waals surface area contributed by atoms with Crippen LogP contribution in [0.15, 0.2) is 17.4 Å². The van der Waals surface area contributed by atoms with E-state index in [-0.39, 0.29) is 0 Å². The van der Waals surface area contributed by atoms with Crippen molar-refractivity contribution in [2.24, 2.45) is 0 Å². The highest BCUT2D eigenvalue weighted by Gasteiger charge is 1.98. The average molecular weight is 180 g/mol. The Kier molecular flexibility index (Phi) is 3.29. The molecular formula is C9H12N2S. The van der Waals surface area contributed by atoms with Gasteiger partial charge in [0.25, 0.3) is 0 Å². The van der Waals surface area contributed by atoms with Crippen molar-refractivity contribution in [1.82, 2.24) is 9.97 Å². The first-order chi connectivity index (χ1) is 5.77. The molecule has 0 atom stereocenters. The number of aryl methyl sites for hydroxylation is 1. The lowest BCUT2D eigenvalue weighted by molar-refractivity contribution is 0.929. The molecule has 0 radical (unpaired) electrons. The summed E-state index contributed by atoms with van der Waals surface area (Å²) >= 11 is 1.56. The molecule has 1 aromatic rings. The molecule has 1 rings (SSSR count). The van der Waals surface area contributed by atoms with Gasteiger partial charge in [-0.25, -0.2) is 9.97 Å². The minimum atomic E-state index is 0.834. The van der Waals surface area contributed by atoms with Crippen molar-refractivity contribution >= 4 is 17.8 Å². The zero-order valence-electron chi connectivity index (χ0n) is 7.53. The van der Waals surface area contributed by atoms with Crippen molar-refractivity contribution in [2.45, 2.75) is 19.0 Å². The second-order valence-electron chi connectivity index (χ2n) is 2.40. The van der Waals surface area contributed by atoms with Crippen LogP contribution >= 0.6 is 11.8 Å². The first kappa shape index (κ1) is 9.26. The SMILES string of the molecule is C/C=C/c1cnc(SC)nc1C. The molecule has 0 amide bonds. The number of allylic oxidation sites excluding steroid dienone is 1. The maximum absolute atomic E-state index is 4.31. The Morgan fingerprint density at radius 2 is 2.25 bits per heavy atom. The van der Waals surface area contributed by atoms with Gasteiger partial charge in [0.05, 0.1) is 0 Å². The molecule has 3 heteroatoms. The standard InChI is InChI=1S/C9H12N2S/c1-4-5-8-6-10-9(12-3)11-7(8)2/h4-6H,1-3H3/b5-4+. The summed E-state index contributed by atoms with van der Waals surface area (Å²) in [7, 11) is 0. The molecular weight excluding hydrogens is 168 g/mol. The van der Waals surface area contributed by atoms with E-state index in [9.17, 15) is 0 Å². The van der Waals surface area contributed by atoms with E-state index < -0.39 is 0 Å². The molecule has 0 aliphatic carbocycles. The summed E-state index contributed by atoms with van der Waals surface area (Å²) in [5.41, 5.74) is 2.13. The molecule has 0 unspecified atom stereocenters. The predicted molar refractivity (Wildman–Crippen MR) is 53.3 cm³/mol. The Balaban J connectivity index is 3.03. The minimum absolute atomic E-state index is 0.834. The van der Waals surface area contributed by atoms with Gasteiger partial charge in [-0.2, -0.15) is 0 Å². The third-order valence-electron chi connectivity index (χ3n) is 1.52. The van der Waals surface area contributed by atoms with E-state index in [1.807, 2.05) is 38.5 Å². The van der Waals surface area contributed by atoms with Gasteiger partial charge in [-0.05, 0) is 20.1 Å². The summed E-state index contributed by atoms with van der Waals surface area (Å²) < 4.78 is 0. The molecule has 0 fully saturated rings. The fourth-order valence-electron chi connectivity index (χ4n) is 0.897. The molecule has 12 heavy (non-hydrogen) atoms. The number of nitrogens with zero attached hydrogens (tertiary/aromatic N) is 2. The van der Waals surface area contributed by atoms with E-state index in [1.54, 1.807) is 11.8 Å². The summed E-state index contributed by atoms with van der Waals surface area (Å²) in [5, 5.41) is 0.834. The highest BCUT2D eigenvalue weighted by atomic mass is 32.2. The number of hydrogen-bond donors (Lipinski definition) is 0. The lowest BCUT2D eigenvalue weighted by atomic mass is 10.2. The van der Waals surface area contributed by atoms with Crippen LogP contribution in [0.2, 0.25) is 0 Å². The lowest BCUT2D eigenvalue weighted by Gasteiger charge is -1.99. The quantitative estimate of drug-likeness (QED) is 0.516. The number of aromatic nitrogens is 2. The fraction of sp³-hybridized carbons (Fsp3) is 0.333. The Hall–Kier alpha value is -0.830. The van der Waals surface area contributed by atoms with Crippen molar-refractivity contribution in [3.8, 4) is 0 Å². The molecule has 0 bridgehead atoms. The van der Waals surface area contributed by atoms with Crippen LogP contribution in [0, 0.1) is 6.92 Å². The molecule has 0 N–H and O–H groups in total. The number of hydrogen-bond acceptors (Lipinski definition) is 3. The van der Waals surface area contributed by atoms with E-state index in [1.165, 1.54) is 0 Å². The molecule has 64 valence electrons. The van der Waals surface area contributed by atoms with Crippen molar-refractivity contribution in [3.05, 3.63) is 23.5 Å². The highest BCUT2D eigenvalue weighted by molar-refractivity contribution is 7.98. The van der Waals surface area contributed by atoms with Crippen LogP contribution in [0.3, 0.4) is 0 Å². The van der Waals surface area contributed by atoms with Gasteiger partial charge in [-0.1, -0.05) is 23.9 Å². The average Bonchev–Trinajstić information content (AvgIpc) is 2.09. The van der Waals surface area contributed by atoms with Crippen molar-refractivity contribution in [2.75, 3.05) is 6.26 Å². The largest absolute Gasteiger partial charge is 0.230 e. The van der Waals surface area contributed by atoms with Gasteiger partial charge >= 0.3 is 0 Å².